The van der Waals surface area contributed by atoms with Gasteiger partial charge in [-0.1, -0.05) is 25.7 Å². The fourth-order valence-electron chi connectivity index (χ4n) is 4.56. The van der Waals surface area contributed by atoms with E-state index in [-0.39, 0.29) is 0 Å². The lowest BCUT2D eigenvalue weighted by molar-refractivity contribution is 0.0170. The first-order valence-corrected chi connectivity index (χ1v) is 9.54. The summed E-state index contributed by atoms with van der Waals surface area (Å²) in [7, 11) is -0.549. The van der Waals surface area contributed by atoms with E-state index >= 15 is 0 Å². The van der Waals surface area contributed by atoms with Gasteiger partial charge in [0.25, 0.3) is 0 Å². The van der Waals surface area contributed by atoms with Crippen molar-refractivity contribution in [3.8, 4) is 0 Å². The molecule has 1 N–H and O–H groups in total. The largest absolute Gasteiger partial charge is 0.324 e. The van der Waals surface area contributed by atoms with Gasteiger partial charge in [0.05, 0.1) is 12.4 Å². The van der Waals surface area contributed by atoms with E-state index < -0.39 is 7.37 Å². The summed E-state index contributed by atoms with van der Waals surface area (Å²) in [4.78, 5) is 0. The van der Waals surface area contributed by atoms with E-state index in [1.807, 2.05) is 7.05 Å². The molecule has 0 bridgehead atoms. The SMILES string of the molecule is CNCP1(=O)OC2CCCCC2C2CCCCC21. The van der Waals surface area contributed by atoms with E-state index in [9.17, 15) is 4.57 Å². The third-order valence-corrected chi connectivity index (χ3v) is 8.32. The predicted molar refractivity (Wildman–Crippen MR) is 74.1 cm³/mol. The maximum atomic E-state index is 13.2. The van der Waals surface area contributed by atoms with Crippen molar-refractivity contribution in [1.82, 2.24) is 5.32 Å². The second-order valence-corrected chi connectivity index (χ2v) is 8.99. The van der Waals surface area contributed by atoms with Crippen LogP contribution in [0.4, 0.5) is 0 Å². The van der Waals surface area contributed by atoms with Gasteiger partial charge in [-0.3, -0.25) is 4.57 Å². The minimum Gasteiger partial charge on any atom is -0.324 e. The van der Waals surface area contributed by atoms with Gasteiger partial charge < -0.3 is 9.84 Å². The molecule has 0 aromatic heterocycles. The summed E-state index contributed by atoms with van der Waals surface area (Å²) >= 11 is 0. The Kier molecular flexibility index (Phi) is 3.85. The van der Waals surface area contributed by atoms with Gasteiger partial charge in [-0.05, 0) is 44.6 Å². The lowest BCUT2D eigenvalue weighted by atomic mass is 9.71. The highest BCUT2D eigenvalue weighted by Crippen LogP contribution is 2.65. The van der Waals surface area contributed by atoms with Crippen molar-refractivity contribution < 1.29 is 9.09 Å². The van der Waals surface area contributed by atoms with Crippen LogP contribution in [0.5, 0.6) is 0 Å². The second kappa shape index (κ2) is 5.26. The number of hydrogen-bond acceptors (Lipinski definition) is 3. The Bertz CT molecular complexity index is 347. The van der Waals surface area contributed by atoms with Gasteiger partial charge in [0.15, 0.2) is 0 Å². The monoisotopic (exact) mass is 271 g/mol. The van der Waals surface area contributed by atoms with Crippen LogP contribution in [0, 0.1) is 11.8 Å². The Morgan fingerprint density at radius 2 is 1.72 bits per heavy atom. The molecular weight excluding hydrogens is 245 g/mol. The minimum atomic E-state index is -2.45. The van der Waals surface area contributed by atoms with Crippen LogP contribution in [-0.2, 0) is 9.09 Å². The molecule has 0 aromatic carbocycles. The molecule has 0 radical (unpaired) electrons. The highest BCUT2D eigenvalue weighted by molar-refractivity contribution is 7.59. The van der Waals surface area contributed by atoms with E-state index in [0.717, 1.165) is 12.8 Å². The van der Waals surface area contributed by atoms with Crippen LogP contribution in [0.2, 0.25) is 0 Å². The van der Waals surface area contributed by atoms with Gasteiger partial charge in [0, 0.05) is 5.66 Å². The van der Waals surface area contributed by atoms with Crippen molar-refractivity contribution in [2.45, 2.75) is 63.1 Å². The molecule has 104 valence electrons. The highest BCUT2D eigenvalue weighted by Gasteiger charge is 2.52. The molecule has 3 aliphatic rings. The van der Waals surface area contributed by atoms with Gasteiger partial charge in [0.2, 0.25) is 7.37 Å². The van der Waals surface area contributed by atoms with Gasteiger partial charge in [-0.2, -0.15) is 0 Å². The number of rotatable bonds is 2. The molecule has 1 aliphatic heterocycles. The molecule has 3 nitrogen and oxygen atoms in total. The Morgan fingerprint density at radius 3 is 2.50 bits per heavy atom. The highest BCUT2D eigenvalue weighted by atomic mass is 31.2. The summed E-state index contributed by atoms with van der Waals surface area (Å²) in [6.45, 7) is 0. The molecule has 5 atom stereocenters. The van der Waals surface area contributed by atoms with E-state index in [2.05, 4.69) is 5.32 Å². The smallest absolute Gasteiger partial charge is 0.220 e. The Balaban J connectivity index is 1.87. The Morgan fingerprint density at radius 1 is 1.06 bits per heavy atom. The molecule has 2 aliphatic carbocycles. The molecule has 4 heteroatoms. The molecular formula is C14H26NO2P. The molecule has 0 aromatic rings. The first-order valence-electron chi connectivity index (χ1n) is 7.66. The average Bonchev–Trinajstić information content (AvgIpc) is 2.39. The summed E-state index contributed by atoms with van der Waals surface area (Å²) in [6, 6.07) is 0. The van der Waals surface area contributed by atoms with Crippen LogP contribution in [0.3, 0.4) is 0 Å². The van der Waals surface area contributed by atoms with Crippen molar-refractivity contribution in [2.75, 3.05) is 13.3 Å². The molecule has 1 saturated heterocycles. The van der Waals surface area contributed by atoms with Crippen LogP contribution in [0.15, 0.2) is 0 Å². The quantitative estimate of drug-likeness (QED) is 0.780. The van der Waals surface area contributed by atoms with Crippen LogP contribution in [-0.4, -0.2) is 25.1 Å². The van der Waals surface area contributed by atoms with Gasteiger partial charge >= 0.3 is 0 Å². The van der Waals surface area contributed by atoms with Crippen molar-refractivity contribution >= 4 is 7.37 Å². The summed E-state index contributed by atoms with van der Waals surface area (Å²) in [6.07, 6.45) is 11.0. The minimum absolute atomic E-state index is 0.303. The molecule has 18 heavy (non-hydrogen) atoms. The zero-order chi connectivity index (χ0) is 12.6. The van der Waals surface area contributed by atoms with Crippen LogP contribution >= 0.6 is 7.37 Å². The van der Waals surface area contributed by atoms with Crippen LogP contribution < -0.4 is 5.32 Å². The van der Waals surface area contributed by atoms with Gasteiger partial charge in [0.1, 0.15) is 0 Å². The molecule has 0 amide bonds. The molecule has 0 spiro atoms. The lowest BCUT2D eigenvalue weighted by Gasteiger charge is -2.50. The standard InChI is InChI=1S/C14H26NO2P/c1-15-10-18(16)14-9-5-3-7-12(14)11-6-2-4-8-13(11)17-18/h11-15H,2-10H2,1H3. The zero-order valence-corrected chi connectivity index (χ0v) is 12.3. The van der Waals surface area contributed by atoms with Crippen molar-refractivity contribution in [2.24, 2.45) is 11.8 Å². The van der Waals surface area contributed by atoms with Crippen molar-refractivity contribution in [1.29, 1.82) is 0 Å². The van der Waals surface area contributed by atoms with E-state index in [1.54, 1.807) is 0 Å². The van der Waals surface area contributed by atoms with Gasteiger partial charge in [-0.15, -0.1) is 0 Å². The summed E-state index contributed by atoms with van der Waals surface area (Å²) in [5.74, 6) is 1.40. The van der Waals surface area contributed by atoms with E-state index in [4.69, 9.17) is 4.52 Å². The van der Waals surface area contributed by atoms with Crippen molar-refractivity contribution in [3.05, 3.63) is 0 Å². The third kappa shape index (κ3) is 2.19. The molecule has 3 fully saturated rings. The van der Waals surface area contributed by atoms with Crippen LogP contribution in [0.25, 0.3) is 0 Å². The molecule has 5 unspecified atom stereocenters. The normalized spacial score (nSPS) is 48.3. The molecule has 2 saturated carbocycles. The Labute approximate surface area is 111 Å². The first kappa shape index (κ1) is 13.1. The summed E-state index contributed by atoms with van der Waals surface area (Å²) in [5, 5.41) is 3.12. The topological polar surface area (TPSA) is 38.3 Å². The number of hydrogen-bond donors (Lipinski definition) is 1. The summed E-state index contributed by atoms with van der Waals surface area (Å²) < 4.78 is 19.3. The Hall–Kier alpha value is 0.150. The van der Waals surface area contributed by atoms with E-state index in [0.29, 0.717) is 29.9 Å². The van der Waals surface area contributed by atoms with Gasteiger partial charge in [-0.25, -0.2) is 0 Å². The second-order valence-electron chi connectivity index (χ2n) is 6.35. The fraction of sp³-hybridized carbons (Fsp3) is 1.00. The van der Waals surface area contributed by atoms with Crippen LogP contribution in [0.1, 0.15) is 51.4 Å². The van der Waals surface area contributed by atoms with E-state index in [1.165, 1.54) is 38.5 Å². The summed E-state index contributed by atoms with van der Waals surface area (Å²) in [5.41, 5.74) is 0.359. The maximum absolute atomic E-state index is 13.2. The fourth-order valence-corrected chi connectivity index (χ4v) is 7.71. The number of nitrogens with one attached hydrogen (secondary N) is 1. The molecule has 3 rings (SSSR count). The first-order chi connectivity index (χ1) is 8.74. The predicted octanol–water partition coefficient (Wildman–Crippen LogP) is 3.59. The zero-order valence-electron chi connectivity index (χ0n) is 11.4. The average molecular weight is 271 g/mol. The lowest BCUT2D eigenvalue weighted by Crippen LogP contribution is -2.46. The van der Waals surface area contributed by atoms with Crippen molar-refractivity contribution in [3.63, 3.8) is 0 Å². The molecule has 1 heterocycles. The maximum Gasteiger partial charge on any atom is 0.220 e. The third-order valence-electron chi connectivity index (χ3n) is 5.28. The number of fused-ring (bicyclic) bond motifs is 3.